The number of halogens is 1. The van der Waals surface area contributed by atoms with E-state index < -0.39 is 0 Å². The lowest BCUT2D eigenvalue weighted by atomic mass is 9.90. The van der Waals surface area contributed by atoms with Crippen molar-refractivity contribution >= 4 is 33.2 Å². The second-order valence-corrected chi connectivity index (χ2v) is 8.31. The fraction of sp³-hybridized carbons (Fsp3) is 0.632. The molecule has 4 rings (SSSR count). The van der Waals surface area contributed by atoms with Crippen LogP contribution in [0.5, 0.6) is 0 Å². The first-order chi connectivity index (χ1) is 12.2. The van der Waals surface area contributed by atoms with Crippen LogP contribution < -0.4 is 15.5 Å². The van der Waals surface area contributed by atoms with Gasteiger partial charge in [0.15, 0.2) is 0 Å². The van der Waals surface area contributed by atoms with Crippen LogP contribution in [0, 0.1) is 0 Å². The SMILES string of the molecule is COC1CCC(N2c3ccc(Br)cc3N[C@H]2C2CCCC(=O)N2)CC1. The van der Waals surface area contributed by atoms with Crippen LogP contribution >= 0.6 is 15.9 Å². The van der Waals surface area contributed by atoms with E-state index in [-0.39, 0.29) is 18.1 Å². The van der Waals surface area contributed by atoms with Gasteiger partial charge in [0.05, 0.1) is 23.5 Å². The molecule has 2 N–H and O–H groups in total. The van der Waals surface area contributed by atoms with Crippen molar-refractivity contribution in [3.63, 3.8) is 0 Å². The molecule has 136 valence electrons. The van der Waals surface area contributed by atoms with E-state index in [0.29, 0.717) is 18.6 Å². The van der Waals surface area contributed by atoms with Crippen molar-refractivity contribution < 1.29 is 9.53 Å². The average Bonchev–Trinajstić information content (AvgIpc) is 3.00. The van der Waals surface area contributed by atoms with Crippen LogP contribution in [0.2, 0.25) is 0 Å². The van der Waals surface area contributed by atoms with Gasteiger partial charge in [0.25, 0.3) is 0 Å². The van der Waals surface area contributed by atoms with Crippen molar-refractivity contribution in [1.82, 2.24) is 5.32 Å². The Bertz CT molecular complexity index is 646. The Balaban J connectivity index is 1.60. The number of rotatable bonds is 3. The summed E-state index contributed by atoms with van der Waals surface area (Å²) in [6, 6.07) is 7.10. The van der Waals surface area contributed by atoms with Crippen LogP contribution in [-0.2, 0) is 9.53 Å². The summed E-state index contributed by atoms with van der Waals surface area (Å²) < 4.78 is 6.63. The van der Waals surface area contributed by atoms with Crippen LogP contribution in [-0.4, -0.2) is 37.4 Å². The zero-order valence-electron chi connectivity index (χ0n) is 14.6. The van der Waals surface area contributed by atoms with Gasteiger partial charge in [-0.3, -0.25) is 4.79 Å². The van der Waals surface area contributed by atoms with E-state index in [9.17, 15) is 4.79 Å². The molecule has 25 heavy (non-hydrogen) atoms. The maximum absolute atomic E-state index is 11.9. The Morgan fingerprint density at radius 2 is 1.96 bits per heavy atom. The molecule has 1 aromatic carbocycles. The molecule has 5 nitrogen and oxygen atoms in total. The topological polar surface area (TPSA) is 53.6 Å². The van der Waals surface area contributed by atoms with Gasteiger partial charge in [-0.05, 0) is 56.7 Å². The maximum atomic E-state index is 11.9. The highest BCUT2D eigenvalue weighted by atomic mass is 79.9. The molecule has 0 bridgehead atoms. The van der Waals surface area contributed by atoms with Gasteiger partial charge in [0, 0.05) is 24.0 Å². The highest BCUT2D eigenvalue weighted by Gasteiger charge is 2.41. The van der Waals surface area contributed by atoms with E-state index in [1.165, 1.54) is 5.69 Å². The van der Waals surface area contributed by atoms with Crippen molar-refractivity contribution in [2.24, 2.45) is 0 Å². The Hall–Kier alpha value is -1.27. The molecule has 6 heteroatoms. The molecule has 1 saturated heterocycles. The molecular weight excluding hydrogens is 382 g/mol. The number of piperidine rings is 1. The summed E-state index contributed by atoms with van der Waals surface area (Å²) in [5, 5.41) is 6.91. The minimum absolute atomic E-state index is 0.137. The summed E-state index contributed by atoms with van der Waals surface area (Å²) >= 11 is 3.58. The number of hydrogen-bond donors (Lipinski definition) is 2. The number of carbonyl (C=O) groups is 1. The molecule has 2 fully saturated rings. The quantitative estimate of drug-likeness (QED) is 0.802. The summed E-state index contributed by atoms with van der Waals surface area (Å²) in [5.41, 5.74) is 2.42. The van der Waals surface area contributed by atoms with Gasteiger partial charge in [-0.2, -0.15) is 0 Å². The highest BCUT2D eigenvalue weighted by molar-refractivity contribution is 9.10. The Morgan fingerprint density at radius 1 is 1.16 bits per heavy atom. The van der Waals surface area contributed by atoms with Gasteiger partial charge < -0.3 is 20.3 Å². The minimum atomic E-state index is 0.137. The van der Waals surface area contributed by atoms with Gasteiger partial charge in [-0.1, -0.05) is 15.9 Å². The molecule has 1 saturated carbocycles. The predicted molar refractivity (Wildman–Crippen MR) is 103 cm³/mol. The third-order valence-electron chi connectivity index (χ3n) is 5.86. The minimum Gasteiger partial charge on any atom is -0.381 e. The lowest BCUT2D eigenvalue weighted by Gasteiger charge is -2.42. The number of nitrogens with zero attached hydrogens (tertiary/aromatic N) is 1. The molecule has 0 spiro atoms. The molecule has 1 aliphatic carbocycles. The third kappa shape index (κ3) is 3.38. The van der Waals surface area contributed by atoms with Crippen LogP contribution in [0.15, 0.2) is 22.7 Å². The fourth-order valence-electron chi connectivity index (χ4n) is 4.58. The zero-order chi connectivity index (χ0) is 17.4. The van der Waals surface area contributed by atoms with Gasteiger partial charge in [0.2, 0.25) is 5.91 Å². The Kier molecular flexibility index (Phi) is 4.91. The van der Waals surface area contributed by atoms with Gasteiger partial charge >= 0.3 is 0 Å². The van der Waals surface area contributed by atoms with Gasteiger partial charge in [-0.25, -0.2) is 0 Å². The first-order valence-electron chi connectivity index (χ1n) is 9.32. The van der Waals surface area contributed by atoms with E-state index in [1.54, 1.807) is 0 Å². The van der Waals surface area contributed by atoms with E-state index in [4.69, 9.17) is 4.74 Å². The highest BCUT2D eigenvalue weighted by Crippen LogP contribution is 2.42. The van der Waals surface area contributed by atoms with Crippen molar-refractivity contribution in [3.05, 3.63) is 22.7 Å². The van der Waals surface area contributed by atoms with Crippen molar-refractivity contribution in [2.45, 2.75) is 69.3 Å². The molecule has 1 aromatic rings. The molecule has 1 unspecified atom stereocenters. The number of benzene rings is 1. The molecule has 2 atom stereocenters. The summed E-state index contributed by atoms with van der Waals surface area (Å²) in [6.45, 7) is 0. The maximum Gasteiger partial charge on any atom is 0.220 e. The smallest absolute Gasteiger partial charge is 0.220 e. The number of amides is 1. The standard InChI is InChI=1S/C19H26BrN3O2/c1-25-14-8-6-13(7-9-14)23-17-10-5-12(20)11-16(17)22-19(23)15-3-2-4-18(24)21-15/h5,10-11,13-15,19,22H,2-4,6-9H2,1H3,(H,21,24)/t13?,14?,15?,19-/m1/s1. The fourth-order valence-corrected chi connectivity index (χ4v) is 4.94. The monoisotopic (exact) mass is 407 g/mol. The molecule has 0 aromatic heterocycles. The molecule has 2 aliphatic heterocycles. The number of hydrogen-bond acceptors (Lipinski definition) is 4. The van der Waals surface area contributed by atoms with Crippen LogP contribution in [0.3, 0.4) is 0 Å². The summed E-state index contributed by atoms with van der Waals surface area (Å²) in [6.07, 6.45) is 7.66. The first kappa shape index (κ1) is 17.2. The molecule has 2 heterocycles. The number of methoxy groups -OCH3 is 1. The Morgan fingerprint density at radius 3 is 2.68 bits per heavy atom. The third-order valence-corrected chi connectivity index (χ3v) is 6.35. The van der Waals surface area contributed by atoms with E-state index >= 15 is 0 Å². The van der Waals surface area contributed by atoms with Crippen LogP contribution in [0.4, 0.5) is 11.4 Å². The summed E-state index contributed by atoms with van der Waals surface area (Å²) in [5.74, 6) is 0.179. The summed E-state index contributed by atoms with van der Waals surface area (Å²) in [7, 11) is 1.82. The number of nitrogens with one attached hydrogen (secondary N) is 2. The van der Waals surface area contributed by atoms with Crippen LogP contribution in [0.25, 0.3) is 0 Å². The van der Waals surface area contributed by atoms with Crippen LogP contribution in [0.1, 0.15) is 44.9 Å². The number of anilines is 2. The molecule has 3 aliphatic rings. The van der Waals surface area contributed by atoms with Gasteiger partial charge in [0.1, 0.15) is 6.17 Å². The molecular formula is C19H26BrN3O2. The first-order valence-corrected chi connectivity index (χ1v) is 10.1. The normalized spacial score (nSPS) is 32.1. The van der Waals surface area contributed by atoms with E-state index in [2.05, 4.69) is 49.7 Å². The van der Waals surface area contributed by atoms with Crippen molar-refractivity contribution in [1.29, 1.82) is 0 Å². The Labute approximate surface area is 157 Å². The number of fused-ring (bicyclic) bond motifs is 1. The number of carbonyl (C=O) groups excluding carboxylic acids is 1. The largest absolute Gasteiger partial charge is 0.381 e. The van der Waals surface area contributed by atoms with E-state index in [1.807, 2.05) is 7.11 Å². The molecule has 0 radical (unpaired) electrons. The van der Waals surface area contributed by atoms with E-state index in [0.717, 1.165) is 48.7 Å². The second kappa shape index (κ2) is 7.16. The summed E-state index contributed by atoms with van der Waals surface area (Å²) in [4.78, 5) is 14.5. The van der Waals surface area contributed by atoms with Crippen molar-refractivity contribution in [3.8, 4) is 0 Å². The zero-order valence-corrected chi connectivity index (χ0v) is 16.2. The lowest BCUT2D eigenvalue weighted by Crippen LogP contribution is -2.58. The average molecular weight is 408 g/mol. The molecule has 1 amide bonds. The second-order valence-electron chi connectivity index (χ2n) is 7.39. The van der Waals surface area contributed by atoms with Gasteiger partial charge in [-0.15, -0.1) is 0 Å². The number of ether oxygens (including phenoxy) is 1. The van der Waals surface area contributed by atoms with Crippen molar-refractivity contribution in [2.75, 3.05) is 17.3 Å². The lowest BCUT2D eigenvalue weighted by molar-refractivity contribution is -0.123. The predicted octanol–water partition coefficient (Wildman–Crippen LogP) is 3.63.